The molecule has 114 valence electrons. The summed E-state index contributed by atoms with van der Waals surface area (Å²) >= 11 is 1.63. The maximum atomic E-state index is 5.48. The summed E-state index contributed by atoms with van der Waals surface area (Å²) in [6.45, 7) is 2.00. The van der Waals surface area contributed by atoms with Crippen LogP contribution in [0.4, 0.5) is 0 Å². The molecule has 0 atom stereocenters. The third-order valence-corrected chi connectivity index (χ3v) is 4.49. The number of aryl methyl sites for hydroxylation is 1. The van der Waals surface area contributed by atoms with E-state index in [2.05, 4.69) is 25.5 Å². The number of thiazole rings is 1. The number of benzene rings is 1. The maximum absolute atomic E-state index is 5.48. The van der Waals surface area contributed by atoms with Crippen LogP contribution in [-0.4, -0.2) is 27.3 Å². The number of pyridine rings is 1. The summed E-state index contributed by atoms with van der Waals surface area (Å²) in [7, 11) is 1.66. The quantitative estimate of drug-likeness (QED) is 0.617. The Morgan fingerprint density at radius 3 is 2.78 bits per heavy atom. The van der Waals surface area contributed by atoms with Gasteiger partial charge in [0, 0.05) is 22.7 Å². The molecule has 5 nitrogen and oxygen atoms in total. The molecule has 1 aromatic carbocycles. The van der Waals surface area contributed by atoms with Crippen LogP contribution >= 0.6 is 11.3 Å². The Bertz CT molecular complexity index is 989. The number of fused-ring (bicyclic) bond motifs is 1. The molecule has 0 amide bonds. The molecule has 0 bridgehead atoms. The number of aromatic nitrogens is 4. The van der Waals surface area contributed by atoms with Crippen molar-refractivity contribution in [2.75, 3.05) is 7.11 Å². The molecular formula is C17H14N4OS. The lowest BCUT2D eigenvalue weighted by Gasteiger charge is -2.07. The van der Waals surface area contributed by atoms with Gasteiger partial charge in [-0.25, -0.2) is 9.97 Å². The van der Waals surface area contributed by atoms with Crippen molar-refractivity contribution < 1.29 is 4.74 Å². The average molecular weight is 322 g/mol. The first-order chi connectivity index (χ1) is 11.3. The van der Waals surface area contributed by atoms with E-state index < -0.39 is 0 Å². The molecule has 23 heavy (non-hydrogen) atoms. The van der Waals surface area contributed by atoms with Crippen LogP contribution in [0.1, 0.15) is 5.01 Å². The Hall–Kier alpha value is -2.73. The van der Waals surface area contributed by atoms with E-state index in [0.29, 0.717) is 0 Å². The van der Waals surface area contributed by atoms with Crippen LogP contribution in [0, 0.1) is 6.92 Å². The van der Waals surface area contributed by atoms with Crippen molar-refractivity contribution in [3.05, 3.63) is 46.9 Å². The van der Waals surface area contributed by atoms with E-state index in [-0.39, 0.29) is 0 Å². The van der Waals surface area contributed by atoms with E-state index in [9.17, 15) is 0 Å². The zero-order chi connectivity index (χ0) is 15.8. The lowest BCUT2D eigenvalue weighted by molar-refractivity contribution is 0.416. The highest BCUT2D eigenvalue weighted by Crippen LogP contribution is 2.37. The molecule has 4 aromatic rings. The smallest absolute Gasteiger partial charge is 0.156 e. The SMILES string of the molecule is COc1ccccc1-c1n[nH]c2nccc(-c3csc(C)n3)c12. The van der Waals surface area contributed by atoms with Gasteiger partial charge in [0.25, 0.3) is 0 Å². The zero-order valence-corrected chi connectivity index (χ0v) is 13.5. The van der Waals surface area contributed by atoms with Crippen molar-refractivity contribution >= 4 is 22.4 Å². The van der Waals surface area contributed by atoms with Crippen molar-refractivity contribution in [2.24, 2.45) is 0 Å². The average Bonchev–Trinajstić information content (AvgIpc) is 3.21. The van der Waals surface area contributed by atoms with Gasteiger partial charge in [-0.05, 0) is 25.1 Å². The lowest BCUT2D eigenvalue weighted by Crippen LogP contribution is -1.89. The summed E-state index contributed by atoms with van der Waals surface area (Å²) in [4.78, 5) is 9.00. The van der Waals surface area contributed by atoms with Crippen molar-refractivity contribution in [1.29, 1.82) is 0 Å². The predicted molar refractivity (Wildman–Crippen MR) is 91.7 cm³/mol. The minimum absolute atomic E-state index is 0.744. The first-order valence-electron chi connectivity index (χ1n) is 7.17. The van der Waals surface area contributed by atoms with Crippen LogP contribution in [0.3, 0.4) is 0 Å². The number of nitrogens with zero attached hydrogens (tertiary/aromatic N) is 3. The summed E-state index contributed by atoms with van der Waals surface area (Å²) in [6, 6.07) is 9.82. The molecule has 0 spiro atoms. The number of nitrogens with one attached hydrogen (secondary N) is 1. The zero-order valence-electron chi connectivity index (χ0n) is 12.7. The largest absolute Gasteiger partial charge is 0.496 e. The van der Waals surface area contributed by atoms with Crippen LogP contribution < -0.4 is 4.74 Å². The number of para-hydroxylation sites is 1. The molecule has 0 radical (unpaired) electrons. The van der Waals surface area contributed by atoms with Crippen molar-refractivity contribution in [2.45, 2.75) is 6.92 Å². The number of methoxy groups -OCH3 is 1. The molecule has 1 N–H and O–H groups in total. The van der Waals surface area contributed by atoms with Gasteiger partial charge in [-0.2, -0.15) is 5.10 Å². The van der Waals surface area contributed by atoms with E-state index in [1.54, 1.807) is 24.6 Å². The van der Waals surface area contributed by atoms with E-state index in [1.165, 1.54) is 0 Å². The van der Waals surface area contributed by atoms with Crippen molar-refractivity contribution in [3.63, 3.8) is 0 Å². The molecule has 0 fully saturated rings. The van der Waals surface area contributed by atoms with Crippen LogP contribution in [0.5, 0.6) is 5.75 Å². The molecule has 0 unspecified atom stereocenters. The van der Waals surface area contributed by atoms with Crippen molar-refractivity contribution in [1.82, 2.24) is 20.2 Å². The Morgan fingerprint density at radius 1 is 1.13 bits per heavy atom. The van der Waals surface area contributed by atoms with Gasteiger partial charge in [0.1, 0.15) is 11.4 Å². The minimum Gasteiger partial charge on any atom is -0.496 e. The van der Waals surface area contributed by atoms with Crippen LogP contribution in [-0.2, 0) is 0 Å². The van der Waals surface area contributed by atoms with Gasteiger partial charge in [0.05, 0.1) is 23.2 Å². The molecule has 0 saturated carbocycles. The number of hydrogen-bond acceptors (Lipinski definition) is 5. The van der Waals surface area contributed by atoms with Gasteiger partial charge in [-0.3, -0.25) is 5.10 Å². The lowest BCUT2D eigenvalue weighted by atomic mass is 10.0. The third kappa shape index (κ3) is 2.27. The van der Waals surface area contributed by atoms with Crippen LogP contribution in [0.2, 0.25) is 0 Å². The molecule has 0 saturated heterocycles. The van der Waals surface area contributed by atoms with Gasteiger partial charge in [0.15, 0.2) is 5.65 Å². The van der Waals surface area contributed by atoms with Gasteiger partial charge in [-0.1, -0.05) is 12.1 Å². The first kappa shape index (κ1) is 13.9. The first-order valence-corrected chi connectivity index (χ1v) is 8.05. The summed E-state index contributed by atoms with van der Waals surface area (Å²) in [5.41, 5.74) is 4.47. The predicted octanol–water partition coefficient (Wildman–Crippen LogP) is 4.07. The summed E-state index contributed by atoms with van der Waals surface area (Å²) < 4.78 is 5.48. The normalized spacial score (nSPS) is 11.0. The fraction of sp³-hybridized carbons (Fsp3) is 0.118. The van der Waals surface area contributed by atoms with Gasteiger partial charge < -0.3 is 4.74 Å². The second kappa shape index (κ2) is 5.48. The highest BCUT2D eigenvalue weighted by Gasteiger charge is 2.18. The van der Waals surface area contributed by atoms with Crippen LogP contribution in [0.15, 0.2) is 41.9 Å². The highest BCUT2D eigenvalue weighted by molar-refractivity contribution is 7.09. The molecule has 3 heterocycles. The minimum atomic E-state index is 0.744. The molecule has 0 aliphatic carbocycles. The van der Waals surface area contributed by atoms with E-state index in [4.69, 9.17) is 4.74 Å². The monoisotopic (exact) mass is 322 g/mol. The van der Waals surface area contributed by atoms with Gasteiger partial charge >= 0.3 is 0 Å². The standard InChI is InChI=1S/C17H14N4OS/c1-10-19-13(9-23-10)11-7-8-18-17-15(11)16(20-21-17)12-5-3-4-6-14(12)22-2/h3-9H,1-2H3,(H,18,20,21). The summed E-state index contributed by atoms with van der Waals surface area (Å²) in [5.74, 6) is 0.783. The van der Waals surface area contributed by atoms with E-state index in [1.807, 2.05) is 37.3 Å². The van der Waals surface area contributed by atoms with E-state index in [0.717, 1.165) is 44.3 Å². The molecule has 0 aliphatic heterocycles. The molecule has 0 aliphatic rings. The Morgan fingerprint density at radius 2 is 2.00 bits per heavy atom. The Balaban J connectivity index is 2.02. The van der Waals surface area contributed by atoms with Gasteiger partial charge in [0.2, 0.25) is 0 Å². The second-order valence-electron chi connectivity index (χ2n) is 5.11. The number of rotatable bonds is 3. The number of ether oxygens (including phenoxy) is 1. The topological polar surface area (TPSA) is 63.7 Å². The fourth-order valence-electron chi connectivity index (χ4n) is 2.69. The van der Waals surface area contributed by atoms with Gasteiger partial charge in [-0.15, -0.1) is 11.3 Å². The van der Waals surface area contributed by atoms with Crippen molar-refractivity contribution in [3.8, 4) is 28.3 Å². The number of H-pyrrole nitrogens is 1. The number of aromatic amines is 1. The molecule has 4 rings (SSSR count). The number of hydrogen-bond donors (Lipinski definition) is 1. The third-order valence-electron chi connectivity index (χ3n) is 3.72. The summed E-state index contributed by atoms with van der Waals surface area (Å²) in [5, 5.41) is 11.5. The van der Waals surface area contributed by atoms with E-state index >= 15 is 0 Å². The Labute approximate surface area is 137 Å². The molecule has 3 aromatic heterocycles. The summed E-state index contributed by atoms with van der Waals surface area (Å²) in [6.07, 6.45) is 1.77. The Kier molecular flexibility index (Phi) is 3.31. The van der Waals surface area contributed by atoms with Crippen LogP contribution in [0.25, 0.3) is 33.5 Å². The maximum Gasteiger partial charge on any atom is 0.156 e. The second-order valence-corrected chi connectivity index (χ2v) is 6.17. The molecule has 6 heteroatoms. The highest BCUT2D eigenvalue weighted by atomic mass is 32.1. The molecular weight excluding hydrogens is 308 g/mol. The fourth-order valence-corrected chi connectivity index (χ4v) is 3.30.